The van der Waals surface area contributed by atoms with Crippen LogP contribution in [0.3, 0.4) is 0 Å². The summed E-state index contributed by atoms with van der Waals surface area (Å²) in [5.41, 5.74) is -0.791. The van der Waals surface area contributed by atoms with Crippen LogP contribution in [0.5, 0.6) is 0 Å². The number of nitrogens with zero attached hydrogens (tertiary/aromatic N) is 4. The van der Waals surface area contributed by atoms with Gasteiger partial charge in [-0.15, -0.1) is 0 Å². The van der Waals surface area contributed by atoms with Gasteiger partial charge in [0.15, 0.2) is 5.69 Å². The highest BCUT2D eigenvalue weighted by Crippen LogP contribution is 2.34. The standard InChI is InChI=1S/C20H18F3N5O6S/c1-12(29)33-13(2)34-26-28(30)16-5-3-14(4-6-16)18-11-19(20(21,22)23)25-27(18)15-7-9-17(10-8-15)35(24,31)32/h3-11,13H,1-2H3,(H2,24,31,32)/b28-26-. The molecule has 1 unspecified atom stereocenters. The lowest BCUT2D eigenvalue weighted by Gasteiger charge is -2.09. The zero-order valence-corrected chi connectivity index (χ0v) is 18.9. The minimum atomic E-state index is -4.75. The predicted molar refractivity (Wildman–Crippen MR) is 113 cm³/mol. The lowest BCUT2D eigenvalue weighted by molar-refractivity contribution is -0.486. The van der Waals surface area contributed by atoms with Crippen LogP contribution in [-0.2, 0) is 30.6 Å². The van der Waals surface area contributed by atoms with Crippen molar-refractivity contribution in [2.24, 2.45) is 10.4 Å². The Labute approximate surface area is 196 Å². The Hall–Kier alpha value is -3.98. The smallest absolute Gasteiger partial charge is 0.435 e. The van der Waals surface area contributed by atoms with Crippen molar-refractivity contribution < 1.29 is 40.8 Å². The molecule has 35 heavy (non-hydrogen) atoms. The number of sulfonamides is 1. The maximum Gasteiger partial charge on any atom is 0.435 e. The maximum absolute atomic E-state index is 13.4. The van der Waals surface area contributed by atoms with Gasteiger partial charge in [-0.2, -0.15) is 18.3 Å². The van der Waals surface area contributed by atoms with Crippen molar-refractivity contribution in [3.05, 3.63) is 65.5 Å². The molecule has 0 bridgehead atoms. The fourth-order valence-corrected chi connectivity index (χ4v) is 3.39. The van der Waals surface area contributed by atoms with Crippen LogP contribution in [0.1, 0.15) is 19.5 Å². The molecule has 186 valence electrons. The molecule has 0 aliphatic heterocycles. The van der Waals surface area contributed by atoms with Crippen molar-refractivity contribution in [2.75, 3.05) is 0 Å². The number of primary sulfonamides is 1. The van der Waals surface area contributed by atoms with E-state index >= 15 is 0 Å². The summed E-state index contributed by atoms with van der Waals surface area (Å²) >= 11 is 0. The molecule has 0 saturated heterocycles. The number of ether oxygens (including phenoxy) is 1. The zero-order valence-electron chi connectivity index (χ0n) is 18.1. The number of alkyl halides is 3. The first-order valence-corrected chi connectivity index (χ1v) is 11.2. The molecule has 11 nitrogen and oxygen atoms in total. The minimum Gasteiger partial charge on any atom is -0.592 e. The number of benzene rings is 2. The van der Waals surface area contributed by atoms with Crippen molar-refractivity contribution in [1.29, 1.82) is 0 Å². The van der Waals surface area contributed by atoms with Crippen LogP contribution in [-0.4, -0.2) is 35.3 Å². The fraction of sp³-hybridized carbons (Fsp3) is 0.200. The second kappa shape index (κ2) is 9.71. The highest BCUT2D eigenvalue weighted by Gasteiger charge is 2.35. The SMILES string of the molecule is CC(=O)OC(C)O/N=[N+](\[O-])c1ccc(-c2cc(C(F)(F)F)nn2-c2ccc(S(N)(=O)=O)cc2)cc1. The van der Waals surface area contributed by atoms with Gasteiger partial charge < -0.3 is 14.8 Å². The molecule has 0 spiro atoms. The van der Waals surface area contributed by atoms with Gasteiger partial charge in [0.05, 0.1) is 16.3 Å². The number of halogens is 3. The second-order valence-electron chi connectivity index (χ2n) is 7.05. The fourth-order valence-electron chi connectivity index (χ4n) is 2.87. The van der Waals surface area contributed by atoms with Crippen LogP contribution < -0.4 is 5.14 Å². The van der Waals surface area contributed by atoms with Crippen LogP contribution in [0.25, 0.3) is 16.9 Å². The first-order chi connectivity index (χ1) is 16.3. The Morgan fingerprint density at radius 2 is 1.77 bits per heavy atom. The molecule has 1 aromatic heterocycles. The molecular weight excluding hydrogens is 495 g/mol. The number of rotatable bonds is 7. The van der Waals surface area contributed by atoms with E-state index in [1.54, 1.807) is 0 Å². The number of carbonyl (C=O) groups excluding carboxylic acids is 1. The van der Waals surface area contributed by atoms with Gasteiger partial charge in [0, 0.05) is 31.5 Å². The van der Waals surface area contributed by atoms with Crippen LogP contribution in [0.15, 0.2) is 64.8 Å². The van der Waals surface area contributed by atoms with Crippen LogP contribution >= 0.6 is 0 Å². The first-order valence-electron chi connectivity index (χ1n) is 9.68. The molecule has 2 aromatic carbocycles. The van der Waals surface area contributed by atoms with Gasteiger partial charge in [-0.05, 0) is 47.3 Å². The third-order valence-corrected chi connectivity index (χ3v) is 5.32. The van der Waals surface area contributed by atoms with Crippen LogP contribution in [0.4, 0.5) is 18.9 Å². The lowest BCUT2D eigenvalue weighted by Crippen LogP contribution is -2.14. The van der Waals surface area contributed by atoms with Crippen LogP contribution in [0, 0.1) is 5.21 Å². The van der Waals surface area contributed by atoms with Gasteiger partial charge in [0.2, 0.25) is 21.0 Å². The molecular formula is C20H18F3N5O6S. The van der Waals surface area contributed by atoms with Crippen LogP contribution in [0.2, 0.25) is 0 Å². The summed E-state index contributed by atoms with van der Waals surface area (Å²) in [6.07, 6.45) is -5.86. The van der Waals surface area contributed by atoms with Gasteiger partial charge in [-0.3, -0.25) is 4.79 Å². The third-order valence-electron chi connectivity index (χ3n) is 4.40. The molecule has 0 fully saturated rings. The molecule has 3 aromatic rings. The number of hydrogen-bond donors (Lipinski definition) is 1. The van der Waals surface area contributed by atoms with E-state index in [4.69, 9.17) is 9.98 Å². The number of hydrogen-bond acceptors (Lipinski definition) is 8. The van der Waals surface area contributed by atoms with E-state index in [0.29, 0.717) is 0 Å². The Morgan fingerprint density at radius 3 is 2.29 bits per heavy atom. The molecule has 0 saturated carbocycles. The monoisotopic (exact) mass is 513 g/mol. The number of esters is 1. The first kappa shape index (κ1) is 25.6. The Balaban J connectivity index is 1.95. The van der Waals surface area contributed by atoms with Gasteiger partial charge in [0.25, 0.3) is 6.29 Å². The molecule has 3 rings (SSSR count). The minimum absolute atomic E-state index is 0.0151. The van der Waals surface area contributed by atoms with E-state index in [9.17, 15) is 31.6 Å². The quantitative estimate of drug-likeness (QED) is 0.166. The van der Waals surface area contributed by atoms with E-state index in [1.807, 2.05) is 0 Å². The topological polar surface area (TPSA) is 152 Å². The largest absolute Gasteiger partial charge is 0.592 e. The van der Waals surface area contributed by atoms with Gasteiger partial charge in [-0.25, -0.2) is 18.2 Å². The highest BCUT2D eigenvalue weighted by atomic mass is 32.2. The Kier molecular flexibility index (Phi) is 7.11. The zero-order chi connectivity index (χ0) is 26.0. The summed E-state index contributed by atoms with van der Waals surface area (Å²) in [6, 6.07) is 10.9. The normalized spacial score (nSPS) is 13.4. The maximum atomic E-state index is 13.4. The predicted octanol–water partition coefficient (Wildman–Crippen LogP) is 3.64. The highest BCUT2D eigenvalue weighted by molar-refractivity contribution is 7.89. The van der Waals surface area contributed by atoms with Crippen molar-refractivity contribution in [1.82, 2.24) is 9.78 Å². The molecule has 0 amide bonds. The van der Waals surface area contributed by atoms with Crippen molar-refractivity contribution in [3.63, 3.8) is 0 Å². The number of nitrogens with two attached hydrogens (primary N) is 1. The van der Waals surface area contributed by atoms with Gasteiger partial charge in [0.1, 0.15) is 0 Å². The number of carbonyl (C=O) groups is 1. The summed E-state index contributed by atoms with van der Waals surface area (Å²) in [5, 5.41) is 24.0. The molecule has 1 heterocycles. The van der Waals surface area contributed by atoms with E-state index in [-0.39, 0.29) is 32.4 Å². The van der Waals surface area contributed by atoms with Crippen molar-refractivity contribution in [2.45, 2.75) is 31.2 Å². The third kappa shape index (κ3) is 6.33. The summed E-state index contributed by atoms with van der Waals surface area (Å²) in [5.74, 6) is -0.636. The van der Waals surface area contributed by atoms with E-state index in [2.05, 4.69) is 15.1 Å². The van der Waals surface area contributed by atoms with Crippen molar-refractivity contribution in [3.8, 4) is 16.9 Å². The molecule has 0 aliphatic rings. The van der Waals surface area contributed by atoms with E-state index in [0.717, 1.165) is 29.8 Å². The average Bonchev–Trinajstić information content (AvgIpc) is 3.23. The summed E-state index contributed by atoms with van der Waals surface area (Å²) in [7, 11) is -4.00. The van der Waals surface area contributed by atoms with E-state index in [1.165, 1.54) is 43.3 Å². The van der Waals surface area contributed by atoms with Crippen molar-refractivity contribution >= 4 is 21.7 Å². The average molecular weight is 513 g/mol. The number of aromatic nitrogens is 2. The molecule has 1 atom stereocenters. The lowest BCUT2D eigenvalue weighted by atomic mass is 10.1. The summed E-state index contributed by atoms with van der Waals surface area (Å²) < 4.78 is 68.6. The molecule has 0 aliphatic carbocycles. The van der Waals surface area contributed by atoms with Gasteiger partial charge >= 0.3 is 12.1 Å². The van der Waals surface area contributed by atoms with E-state index < -0.39 is 34.2 Å². The second-order valence-corrected chi connectivity index (χ2v) is 8.61. The Bertz CT molecular complexity index is 1350. The Morgan fingerprint density at radius 1 is 1.17 bits per heavy atom. The molecule has 2 N–H and O–H groups in total. The van der Waals surface area contributed by atoms with Gasteiger partial charge in [-0.1, -0.05) is 0 Å². The summed E-state index contributed by atoms with van der Waals surface area (Å²) in [4.78, 5) is 15.5. The molecule has 15 heteroatoms. The molecule has 0 radical (unpaired) electrons. The summed E-state index contributed by atoms with van der Waals surface area (Å²) in [6.45, 7) is 2.49.